The molecule has 1 unspecified atom stereocenters. The maximum Gasteiger partial charge on any atom is 0.213 e. The molecule has 1 aliphatic rings. The fraction of sp³-hybridized carbons (Fsp3) is 0.667. The van der Waals surface area contributed by atoms with Gasteiger partial charge in [0.05, 0.1) is 24.6 Å². The van der Waals surface area contributed by atoms with Crippen LogP contribution in [-0.2, 0) is 10.0 Å². The SMILES string of the molecule is CCS(=O)(=O)NCC1(COc2cccc(C)n2)C[C@@H](O)[C@@H](O)C1.Cl. The lowest BCUT2D eigenvalue weighted by Gasteiger charge is -2.28. The monoisotopic (exact) mass is 380 g/mol. The fourth-order valence-electron chi connectivity index (χ4n) is 2.75. The molecule has 0 spiro atoms. The standard InChI is InChI=1S/C15H24N2O5S.ClH/c1-3-23(20,21)16-9-15(7-12(18)13(19)8-15)10-22-14-6-4-5-11(2)17-14;/h4-6,12-13,16,18-19H,3,7-10H2,1-2H3;1H/t12-,13+,15?;. The van der Waals surface area contributed by atoms with Crippen LogP contribution in [0.2, 0.25) is 0 Å². The van der Waals surface area contributed by atoms with Crippen LogP contribution in [0.5, 0.6) is 5.88 Å². The Labute approximate surface area is 148 Å². The van der Waals surface area contributed by atoms with Crippen molar-refractivity contribution in [2.45, 2.75) is 38.9 Å². The lowest BCUT2D eigenvalue weighted by molar-refractivity contribution is 0.0438. The number of halogens is 1. The van der Waals surface area contributed by atoms with E-state index in [1.165, 1.54) is 0 Å². The number of nitrogens with zero attached hydrogens (tertiary/aromatic N) is 1. The van der Waals surface area contributed by atoms with Gasteiger partial charge in [-0.2, -0.15) is 0 Å². The maximum absolute atomic E-state index is 11.7. The van der Waals surface area contributed by atoms with Crippen molar-refractivity contribution < 1.29 is 23.4 Å². The number of pyridine rings is 1. The normalized spacial score (nSPS) is 26.8. The van der Waals surface area contributed by atoms with Crippen molar-refractivity contribution in [2.75, 3.05) is 18.9 Å². The van der Waals surface area contributed by atoms with E-state index < -0.39 is 27.6 Å². The van der Waals surface area contributed by atoms with Crippen LogP contribution in [0.3, 0.4) is 0 Å². The van der Waals surface area contributed by atoms with Gasteiger partial charge in [0.1, 0.15) is 0 Å². The first-order valence-corrected chi connectivity index (χ1v) is 9.30. The lowest BCUT2D eigenvalue weighted by Crippen LogP contribution is -2.41. The molecule has 0 saturated heterocycles. The molecular formula is C15H25ClN2O5S. The zero-order chi connectivity index (χ0) is 17.1. The molecule has 9 heteroatoms. The molecule has 0 bridgehead atoms. The minimum Gasteiger partial charge on any atom is -0.477 e. The van der Waals surface area contributed by atoms with Crippen LogP contribution in [0, 0.1) is 12.3 Å². The number of aromatic nitrogens is 1. The molecule has 0 aliphatic heterocycles. The van der Waals surface area contributed by atoms with E-state index in [9.17, 15) is 18.6 Å². The van der Waals surface area contributed by atoms with Gasteiger partial charge in [0, 0.05) is 23.7 Å². The second kappa shape index (κ2) is 8.44. The van der Waals surface area contributed by atoms with E-state index in [1.807, 2.05) is 19.1 Å². The number of ether oxygens (including phenoxy) is 1. The highest BCUT2D eigenvalue weighted by molar-refractivity contribution is 7.89. The number of rotatable bonds is 7. The van der Waals surface area contributed by atoms with E-state index in [0.717, 1.165) is 5.69 Å². The van der Waals surface area contributed by atoms with E-state index in [2.05, 4.69) is 9.71 Å². The summed E-state index contributed by atoms with van der Waals surface area (Å²) in [4.78, 5) is 4.24. The Bertz CT molecular complexity index is 631. The first kappa shape index (κ1) is 21.1. The molecule has 0 amide bonds. The topological polar surface area (TPSA) is 109 Å². The molecule has 2 rings (SSSR count). The molecule has 1 aromatic heterocycles. The van der Waals surface area contributed by atoms with Crippen LogP contribution in [0.25, 0.3) is 0 Å². The molecule has 1 aliphatic carbocycles. The quantitative estimate of drug-likeness (QED) is 0.640. The Hall–Kier alpha value is -0.930. The van der Waals surface area contributed by atoms with Crippen molar-refractivity contribution in [1.29, 1.82) is 0 Å². The molecule has 1 heterocycles. The maximum atomic E-state index is 11.7. The minimum absolute atomic E-state index is 0. The highest BCUT2D eigenvalue weighted by atomic mass is 35.5. The largest absolute Gasteiger partial charge is 0.477 e. The summed E-state index contributed by atoms with van der Waals surface area (Å²) in [5.74, 6) is 0.424. The van der Waals surface area contributed by atoms with E-state index in [1.54, 1.807) is 13.0 Å². The summed E-state index contributed by atoms with van der Waals surface area (Å²) in [7, 11) is -3.35. The molecular weight excluding hydrogens is 356 g/mol. The first-order valence-electron chi connectivity index (χ1n) is 7.65. The predicted molar refractivity (Wildman–Crippen MR) is 92.9 cm³/mol. The minimum atomic E-state index is -3.35. The molecule has 3 N–H and O–H groups in total. The smallest absolute Gasteiger partial charge is 0.213 e. The van der Waals surface area contributed by atoms with Crippen molar-refractivity contribution in [3.63, 3.8) is 0 Å². The molecule has 1 fully saturated rings. The van der Waals surface area contributed by atoms with Gasteiger partial charge in [0.15, 0.2) is 0 Å². The summed E-state index contributed by atoms with van der Waals surface area (Å²) in [5, 5.41) is 19.7. The second-order valence-electron chi connectivity index (χ2n) is 6.17. The van der Waals surface area contributed by atoms with Gasteiger partial charge in [0.25, 0.3) is 0 Å². The summed E-state index contributed by atoms with van der Waals surface area (Å²) in [6, 6.07) is 5.39. The van der Waals surface area contributed by atoms with Gasteiger partial charge in [-0.05, 0) is 32.8 Å². The van der Waals surface area contributed by atoms with Gasteiger partial charge in [-0.25, -0.2) is 18.1 Å². The van der Waals surface area contributed by atoms with E-state index in [4.69, 9.17) is 4.74 Å². The molecule has 1 aromatic rings. The summed E-state index contributed by atoms with van der Waals surface area (Å²) >= 11 is 0. The van der Waals surface area contributed by atoms with Gasteiger partial charge >= 0.3 is 0 Å². The highest BCUT2D eigenvalue weighted by Gasteiger charge is 2.45. The molecule has 138 valence electrons. The van der Waals surface area contributed by atoms with Crippen LogP contribution < -0.4 is 9.46 Å². The third-order valence-corrected chi connectivity index (χ3v) is 5.51. The van der Waals surface area contributed by atoms with Crippen molar-refractivity contribution in [1.82, 2.24) is 9.71 Å². The van der Waals surface area contributed by atoms with Crippen LogP contribution >= 0.6 is 12.4 Å². The van der Waals surface area contributed by atoms with Gasteiger partial charge in [-0.3, -0.25) is 0 Å². The van der Waals surface area contributed by atoms with Crippen LogP contribution in [0.15, 0.2) is 18.2 Å². The van der Waals surface area contributed by atoms with E-state index in [0.29, 0.717) is 5.88 Å². The Morgan fingerprint density at radius 2 is 1.96 bits per heavy atom. The Kier molecular flexibility index (Phi) is 7.43. The van der Waals surface area contributed by atoms with Crippen LogP contribution in [0.1, 0.15) is 25.5 Å². The van der Waals surface area contributed by atoms with E-state index in [-0.39, 0.29) is 44.2 Å². The average molecular weight is 381 g/mol. The first-order chi connectivity index (χ1) is 10.8. The van der Waals surface area contributed by atoms with Crippen molar-refractivity contribution in [3.8, 4) is 5.88 Å². The predicted octanol–water partition coefficient (Wildman–Crippen LogP) is 0.632. The highest BCUT2D eigenvalue weighted by Crippen LogP contribution is 2.38. The molecule has 1 saturated carbocycles. The van der Waals surface area contributed by atoms with Crippen molar-refractivity contribution >= 4 is 22.4 Å². The lowest BCUT2D eigenvalue weighted by atomic mass is 9.87. The third kappa shape index (κ3) is 5.56. The number of aliphatic hydroxyl groups excluding tert-OH is 2. The molecule has 24 heavy (non-hydrogen) atoms. The Balaban J connectivity index is 0.00000288. The number of sulfonamides is 1. The number of nitrogens with one attached hydrogen (secondary N) is 1. The van der Waals surface area contributed by atoms with Crippen LogP contribution in [-0.4, -0.2) is 54.7 Å². The van der Waals surface area contributed by atoms with Gasteiger partial charge in [-0.1, -0.05) is 6.07 Å². The van der Waals surface area contributed by atoms with Gasteiger partial charge in [-0.15, -0.1) is 12.4 Å². The van der Waals surface area contributed by atoms with Crippen LogP contribution in [0.4, 0.5) is 0 Å². The summed E-state index contributed by atoms with van der Waals surface area (Å²) in [6.07, 6.45) is -1.22. The summed E-state index contributed by atoms with van der Waals surface area (Å²) < 4.78 is 31.6. The van der Waals surface area contributed by atoms with Gasteiger partial charge < -0.3 is 14.9 Å². The fourth-order valence-corrected chi connectivity index (χ4v) is 3.48. The molecule has 7 nitrogen and oxygen atoms in total. The van der Waals surface area contributed by atoms with Gasteiger partial charge in [0.2, 0.25) is 15.9 Å². The summed E-state index contributed by atoms with van der Waals surface area (Å²) in [6.45, 7) is 3.69. The second-order valence-corrected chi connectivity index (χ2v) is 8.27. The third-order valence-electron chi connectivity index (χ3n) is 4.16. The molecule has 3 atom stereocenters. The number of hydrogen-bond donors (Lipinski definition) is 3. The van der Waals surface area contributed by atoms with Crippen molar-refractivity contribution in [3.05, 3.63) is 23.9 Å². The Morgan fingerprint density at radius 3 is 2.50 bits per heavy atom. The molecule has 0 radical (unpaired) electrons. The zero-order valence-corrected chi connectivity index (χ0v) is 15.4. The number of aliphatic hydroxyl groups is 2. The Morgan fingerprint density at radius 1 is 1.33 bits per heavy atom. The number of aryl methyl sites for hydroxylation is 1. The summed E-state index contributed by atoms with van der Waals surface area (Å²) in [5.41, 5.74) is 0.154. The van der Waals surface area contributed by atoms with E-state index >= 15 is 0 Å². The number of hydrogen-bond acceptors (Lipinski definition) is 6. The van der Waals surface area contributed by atoms with Crippen molar-refractivity contribution in [2.24, 2.45) is 5.41 Å². The zero-order valence-electron chi connectivity index (χ0n) is 13.8. The average Bonchev–Trinajstić information content (AvgIpc) is 2.79. The molecule has 0 aromatic carbocycles.